The summed E-state index contributed by atoms with van der Waals surface area (Å²) in [5, 5.41) is 9.93. The Balaban J connectivity index is 1.68. The highest BCUT2D eigenvalue weighted by Crippen LogP contribution is 2.40. The Kier molecular flexibility index (Phi) is 9.49. The number of hydrazone groups is 1. The first kappa shape index (κ1) is 22.4. The van der Waals surface area contributed by atoms with Gasteiger partial charge >= 0.3 is 5.97 Å². The van der Waals surface area contributed by atoms with Gasteiger partial charge in [0.15, 0.2) is 0 Å². The van der Waals surface area contributed by atoms with Gasteiger partial charge in [-0.1, -0.05) is 6.42 Å². The van der Waals surface area contributed by atoms with Crippen molar-refractivity contribution >= 4 is 17.7 Å². The summed E-state index contributed by atoms with van der Waals surface area (Å²) in [6.07, 6.45) is 7.70. The monoisotopic (exact) mass is 396 g/mol. The summed E-state index contributed by atoms with van der Waals surface area (Å²) in [6, 6.07) is -0.205. The maximum Gasteiger partial charge on any atom is 0.323 e. The molecule has 1 aliphatic carbocycles. The summed E-state index contributed by atoms with van der Waals surface area (Å²) in [5.74, 6) is 7.34. The van der Waals surface area contributed by atoms with Gasteiger partial charge in [0.25, 0.3) is 0 Å². The minimum Gasteiger partial charge on any atom is -0.465 e. The van der Waals surface area contributed by atoms with E-state index in [0.717, 1.165) is 45.1 Å². The maximum absolute atomic E-state index is 12.4. The number of nitrogens with one attached hydrogen (secondary N) is 3. The quantitative estimate of drug-likeness (QED) is 0.0895. The standard InChI is InChI=1S/C19H36N6O3/c1-13(26)22-8-2-3-9-28-19(27)17-11-16-10-14(4-6-15(16)12-23-17)5-7-18(20)24-25-21/h14-17,23,25H,2-12,21H2,1H3,(H2,20,24)(H,22,26). The minimum atomic E-state index is -0.205. The summed E-state index contributed by atoms with van der Waals surface area (Å²) >= 11 is 0. The highest BCUT2D eigenvalue weighted by atomic mass is 16.5. The predicted molar refractivity (Wildman–Crippen MR) is 108 cm³/mol. The van der Waals surface area contributed by atoms with E-state index >= 15 is 0 Å². The third-order valence-corrected chi connectivity index (χ3v) is 5.90. The van der Waals surface area contributed by atoms with Crippen LogP contribution in [0.15, 0.2) is 5.10 Å². The third-order valence-electron chi connectivity index (χ3n) is 5.90. The number of esters is 1. The van der Waals surface area contributed by atoms with Crippen LogP contribution in [0.25, 0.3) is 0 Å². The highest BCUT2D eigenvalue weighted by Gasteiger charge is 2.38. The molecule has 1 saturated heterocycles. The van der Waals surface area contributed by atoms with Crippen molar-refractivity contribution in [2.24, 2.45) is 34.4 Å². The largest absolute Gasteiger partial charge is 0.465 e. The Morgan fingerprint density at radius 2 is 2.04 bits per heavy atom. The topological polar surface area (TPSA) is 144 Å². The fourth-order valence-corrected chi connectivity index (χ4v) is 4.36. The maximum atomic E-state index is 12.4. The normalized spacial score (nSPS) is 27.6. The van der Waals surface area contributed by atoms with Crippen LogP contribution in [-0.4, -0.2) is 43.5 Å². The average molecular weight is 397 g/mol. The minimum absolute atomic E-state index is 0.0326. The third kappa shape index (κ3) is 7.63. The van der Waals surface area contributed by atoms with Gasteiger partial charge in [-0.05, 0) is 62.8 Å². The number of nitrogens with two attached hydrogens (primary N) is 2. The van der Waals surface area contributed by atoms with Crippen LogP contribution in [0.2, 0.25) is 0 Å². The number of hydrogen-bond donors (Lipinski definition) is 5. The number of unbranched alkanes of at least 4 members (excludes halogenated alkanes) is 1. The number of carbonyl (C=O) groups is 2. The van der Waals surface area contributed by atoms with Crippen molar-refractivity contribution < 1.29 is 14.3 Å². The second-order valence-electron chi connectivity index (χ2n) is 8.02. The first-order valence-electron chi connectivity index (χ1n) is 10.4. The van der Waals surface area contributed by atoms with Crippen LogP contribution in [0, 0.1) is 17.8 Å². The summed E-state index contributed by atoms with van der Waals surface area (Å²) in [7, 11) is 0. The zero-order valence-corrected chi connectivity index (χ0v) is 16.9. The van der Waals surface area contributed by atoms with Gasteiger partial charge in [0.1, 0.15) is 11.9 Å². The molecule has 2 aliphatic rings. The number of fused-ring (bicyclic) bond motifs is 1. The van der Waals surface area contributed by atoms with E-state index in [1.165, 1.54) is 19.8 Å². The van der Waals surface area contributed by atoms with Gasteiger partial charge in [0.05, 0.1) is 6.61 Å². The second kappa shape index (κ2) is 11.9. The number of ether oxygens (including phenoxy) is 1. The van der Waals surface area contributed by atoms with Gasteiger partial charge in [-0.2, -0.15) is 5.10 Å². The molecule has 1 amide bonds. The molecule has 28 heavy (non-hydrogen) atoms. The van der Waals surface area contributed by atoms with E-state index < -0.39 is 0 Å². The molecular formula is C19H36N6O3. The van der Waals surface area contributed by atoms with Gasteiger partial charge in [-0.15, -0.1) is 0 Å². The molecule has 7 N–H and O–H groups in total. The number of carbonyl (C=O) groups excluding carboxylic acids is 2. The van der Waals surface area contributed by atoms with Crippen molar-refractivity contribution in [2.75, 3.05) is 19.7 Å². The fourth-order valence-electron chi connectivity index (χ4n) is 4.36. The van der Waals surface area contributed by atoms with Crippen LogP contribution in [0.3, 0.4) is 0 Å². The Morgan fingerprint density at radius 1 is 1.21 bits per heavy atom. The molecule has 0 radical (unpaired) electrons. The molecule has 0 spiro atoms. The van der Waals surface area contributed by atoms with E-state index in [9.17, 15) is 9.59 Å². The number of hydrazine groups is 1. The molecule has 1 heterocycles. The average Bonchev–Trinajstić information content (AvgIpc) is 2.68. The van der Waals surface area contributed by atoms with Crippen molar-refractivity contribution in [3.05, 3.63) is 0 Å². The lowest BCUT2D eigenvalue weighted by atomic mass is 9.69. The number of amides is 1. The van der Waals surface area contributed by atoms with Crippen molar-refractivity contribution in [3.8, 4) is 0 Å². The van der Waals surface area contributed by atoms with E-state index in [1.54, 1.807) is 0 Å². The number of nitrogens with zero attached hydrogens (tertiary/aromatic N) is 1. The molecular weight excluding hydrogens is 360 g/mol. The SMILES string of the molecule is CC(=O)NCCCCOC(=O)C1CC2CC(CC/C(N)=N/NN)CCC2CN1. The van der Waals surface area contributed by atoms with Crippen LogP contribution in [-0.2, 0) is 14.3 Å². The van der Waals surface area contributed by atoms with E-state index in [4.69, 9.17) is 16.3 Å². The lowest BCUT2D eigenvalue weighted by Crippen LogP contribution is -2.50. The van der Waals surface area contributed by atoms with Crippen LogP contribution < -0.4 is 27.7 Å². The van der Waals surface area contributed by atoms with Crippen LogP contribution in [0.1, 0.15) is 58.3 Å². The summed E-state index contributed by atoms with van der Waals surface area (Å²) in [4.78, 5) is 23.2. The Labute approximate surface area is 167 Å². The first-order valence-corrected chi connectivity index (χ1v) is 10.4. The van der Waals surface area contributed by atoms with E-state index in [0.29, 0.717) is 36.7 Å². The number of amidine groups is 1. The lowest BCUT2D eigenvalue weighted by molar-refractivity contribution is -0.148. The van der Waals surface area contributed by atoms with Crippen LogP contribution in [0.4, 0.5) is 0 Å². The molecule has 0 aromatic rings. The van der Waals surface area contributed by atoms with Gasteiger partial charge in [-0.25, -0.2) is 11.4 Å². The van der Waals surface area contributed by atoms with E-state index in [2.05, 4.69) is 21.3 Å². The summed E-state index contributed by atoms with van der Waals surface area (Å²) in [5.41, 5.74) is 8.04. The van der Waals surface area contributed by atoms with Gasteiger partial charge in [-0.3, -0.25) is 9.59 Å². The lowest BCUT2D eigenvalue weighted by Gasteiger charge is -2.42. The van der Waals surface area contributed by atoms with Crippen molar-refractivity contribution in [2.45, 2.75) is 64.3 Å². The smallest absolute Gasteiger partial charge is 0.323 e. The molecule has 4 unspecified atom stereocenters. The molecule has 1 aliphatic heterocycles. The second-order valence-corrected chi connectivity index (χ2v) is 8.02. The Hall–Kier alpha value is -1.87. The summed E-state index contributed by atoms with van der Waals surface area (Å²) < 4.78 is 5.44. The first-order chi connectivity index (χ1) is 13.5. The van der Waals surface area contributed by atoms with Gasteiger partial charge < -0.3 is 21.1 Å². The van der Waals surface area contributed by atoms with Crippen LogP contribution in [0.5, 0.6) is 0 Å². The van der Waals surface area contributed by atoms with E-state index in [1.807, 2.05) is 0 Å². The molecule has 4 atom stereocenters. The molecule has 2 rings (SSSR count). The molecule has 0 aromatic heterocycles. The zero-order chi connectivity index (χ0) is 20.4. The fraction of sp³-hybridized carbons (Fsp3) is 0.842. The number of piperidine rings is 1. The molecule has 1 saturated carbocycles. The molecule has 9 nitrogen and oxygen atoms in total. The van der Waals surface area contributed by atoms with Crippen molar-refractivity contribution in [1.82, 2.24) is 16.2 Å². The molecule has 2 fully saturated rings. The van der Waals surface area contributed by atoms with E-state index in [-0.39, 0.29) is 17.9 Å². The highest BCUT2D eigenvalue weighted by molar-refractivity contribution is 5.79. The van der Waals surface area contributed by atoms with Crippen molar-refractivity contribution in [3.63, 3.8) is 0 Å². The zero-order valence-electron chi connectivity index (χ0n) is 16.9. The van der Waals surface area contributed by atoms with Gasteiger partial charge in [0.2, 0.25) is 5.91 Å². The number of rotatable bonds is 10. The Bertz CT molecular complexity index is 542. The molecule has 160 valence electrons. The predicted octanol–water partition coefficient (Wildman–Crippen LogP) is 0.356. The molecule has 0 aromatic carbocycles. The number of hydrogen-bond acceptors (Lipinski definition) is 7. The van der Waals surface area contributed by atoms with Crippen LogP contribution >= 0.6 is 0 Å². The summed E-state index contributed by atoms with van der Waals surface area (Å²) in [6.45, 7) is 3.41. The Morgan fingerprint density at radius 3 is 2.79 bits per heavy atom. The van der Waals surface area contributed by atoms with Crippen molar-refractivity contribution in [1.29, 1.82) is 0 Å². The van der Waals surface area contributed by atoms with Gasteiger partial charge in [0, 0.05) is 19.9 Å². The molecule has 9 heteroatoms. The molecule has 0 bridgehead atoms.